The molecule has 0 bridgehead atoms. The Balaban J connectivity index is -0.000000441. The molecule has 11 heteroatoms. The van der Waals surface area contributed by atoms with Gasteiger partial charge in [-0.1, -0.05) is 40.5 Å². The molecule has 172 valence electrons. The fraction of sp³-hybridized carbons (Fsp3) is 0.941. The van der Waals surface area contributed by atoms with Gasteiger partial charge < -0.3 is 4.55 Å². The average molecular weight is 480 g/mol. The van der Waals surface area contributed by atoms with Crippen LogP contribution in [-0.2, 0) is 27.2 Å². The van der Waals surface area contributed by atoms with Crippen molar-refractivity contribution >= 4 is 10.1 Å². The van der Waals surface area contributed by atoms with E-state index in [1.165, 1.54) is 58.8 Å². The van der Waals surface area contributed by atoms with E-state index in [1.54, 1.807) is 6.07 Å². The summed E-state index contributed by atoms with van der Waals surface area (Å²) in [5.41, 5.74) is -5.65. The molecule has 2 atom stereocenters. The van der Waals surface area contributed by atoms with Crippen molar-refractivity contribution in [1.82, 2.24) is 9.80 Å². The Morgan fingerprint density at radius 3 is 1.32 bits per heavy atom. The van der Waals surface area contributed by atoms with E-state index in [0.29, 0.717) is 0 Å². The van der Waals surface area contributed by atoms with E-state index in [2.05, 4.69) is 37.5 Å². The van der Waals surface area contributed by atoms with Crippen LogP contribution < -0.4 is 0 Å². The van der Waals surface area contributed by atoms with Gasteiger partial charge in [0.2, 0.25) is 0 Å². The van der Waals surface area contributed by atoms with Crippen molar-refractivity contribution in [2.45, 2.75) is 77.9 Å². The number of alkyl halides is 3. The standard InChI is InChI=1S/C14H30N2.C2H3N.CHF3O3S.Cu/c1-5-15(6-2)13-11-9-10-12-14(13)16(7-3)8-4;1-2-3;2-1(3,4)8(5,6)7;/h13-14H,5-12H2,1-4H3;1H3;(H,5,6,7);/q;;;+1/p-1/t13-,14-;;;/m1.../s1. The van der Waals surface area contributed by atoms with Crippen LogP contribution in [0, 0.1) is 11.3 Å². The first-order valence-electron chi connectivity index (χ1n) is 9.25. The minimum absolute atomic E-state index is 0. The third-order valence-corrected chi connectivity index (χ3v) is 5.11. The van der Waals surface area contributed by atoms with Crippen LogP contribution in [0.4, 0.5) is 13.2 Å². The number of likely N-dealkylation sites (N-methyl/N-ethyl adjacent to an activating group) is 2. The number of nitrogens with zero attached hydrogens (tertiary/aromatic N) is 3. The molecule has 1 fully saturated rings. The molecule has 1 rings (SSSR count). The largest absolute Gasteiger partial charge is 1.00 e. The normalized spacial score (nSPS) is 19.5. The fourth-order valence-corrected chi connectivity index (χ4v) is 3.33. The zero-order chi connectivity index (χ0) is 21.7. The molecule has 28 heavy (non-hydrogen) atoms. The predicted molar refractivity (Wildman–Crippen MR) is 98.9 cm³/mol. The van der Waals surface area contributed by atoms with E-state index in [4.69, 9.17) is 18.2 Å². The number of halogens is 3. The zero-order valence-corrected chi connectivity index (χ0v) is 19.0. The van der Waals surface area contributed by atoms with E-state index in [0.717, 1.165) is 12.1 Å². The van der Waals surface area contributed by atoms with Gasteiger partial charge in [0.1, 0.15) is 0 Å². The predicted octanol–water partition coefficient (Wildman–Crippen LogP) is 3.56. The van der Waals surface area contributed by atoms with Crippen molar-refractivity contribution < 1.29 is 43.2 Å². The summed E-state index contributed by atoms with van der Waals surface area (Å²) in [6.07, 6.45) is 5.67. The van der Waals surface area contributed by atoms with Crippen molar-refractivity contribution in [1.29, 1.82) is 5.26 Å². The van der Waals surface area contributed by atoms with Gasteiger partial charge in [0.05, 0.1) is 6.07 Å². The topological polar surface area (TPSA) is 87.5 Å². The van der Waals surface area contributed by atoms with Crippen LogP contribution in [0.15, 0.2) is 0 Å². The van der Waals surface area contributed by atoms with Crippen molar-refractivity contribution in [2.75, 3.05) is 26.2 Å². The Kier molecular flexibility index (Phi) is 19.0. The summed E-state index contributed by atoms with van der Waals surface area (Å²) in [5, 5.41) is 7.32. The van der Waals surface area contributed by atoms with Gasteiger partial charge in [-0.25, -0.2) is 8.42 Å². The van der Waals surface area contributed by atoms with Gasteiger partial charge in [-0.3, -0.25) is 9.80 Å². The van der Waals surface area contributed by atoms with Crippen molar-refractivity contribution in [2.24, 2.45) is 0 Å². The van der Waals surface area contributed by atoms with E-state index < -0.39 is 15.6 Å². The van der Waals surface area contributed by atoms with Crippen LogP contribution >= 0.6 is 0 Å². The molecule has 1 aliphatic carbocycles. The number of rotatable bonds is 6. The summed E-state index contributed by atoms with van der Waals surface area (Å²) in [4.78, 5) is 5.34. The van der Waals surface area contributed by atoms with Gasteiger partial charge in [-0.05, 0) is 39.0 Å². The molecule has 0 amide bonds. The molecule has 0 saturated heterocycles. The zero-order valence-electron chi connectivity index (χ0n) is 17.2. The molecular weight excluding hydrogens is 447 g/mol. The summed E-state index contributed by atoms with van der Waals surface area (Å²) in [6.45, 7) is 15.5. The smallest absolute Gasteiger partial charge is 0.741 e. The van der Waals surface area contributed by atoms with Gasteiger partial charge >= 0.3 is 22.6 Å². The fourth-order valence-electron chi connectivity index (χ4n) is 3.33. The molecule has 0 heterocycles. The molecule has 0 radical (unpaired) electrons. The quantitative estimate of drug-likeness (QED) is 0.329. The summed E-state index contributed by atoms with van der Waals surface area (Å²) >= 11 is 0. The summed E-state index contributed by atoms with van der Waals surface area (Å²) < 4.78 is 58.9. The van der Waals surface area contributed by atoms with Crippen molar-refractivity contribution in [3.05, 3.63) is 0 Å². The summed E-state index contributed by atoms with van der Waals surface area (Å²) in [6, 6.07) is 3.37. The van der Waals surface area contributed by atoms with Crippen LogP contribution in [0.25, 0.3) is 0 Å². The van der Waals surface area contributed by atoms with Gasteiger partial charge in [0, 0.05) is 19.0 Å². The first-order chi connectivity index (χ1) is 12.4. The molecule has 0 N–H and O–H groups in total. The second-order valence-corrected chi connectivity index (χ2v) is 7.36. The third kappa shape index (κ3) is 12.2. The van der Waals surface area contributed by atoms with E-state index in [9.17, 15) is 13.2 Å². The van der Waals surface area contributed by atoms with E-state index >= 15 is 0 Å². The van der Waals surface area contributed by atoms with Gasteiger partial charge in [-0.2, -0.15) is 18.4 Å². The van der Waals surface area contributed by atoms with Gasteiger partial charge in [0.15, 0.2) is 10.1 Å². The monoisotopic (exact) mass is 479 g/mol. The molecule has 1 aliphatic rings. The first-order valence-corrected chi connectivity index (χ1v) is 10.7. The van der Waals surface area contributed by atoms with Crippen molar-refractivity contribution in [3.63, 3.8) is 0 Å². The third-order valence-electron chi connectivity index (χ3n) is 4.54. The van der Waals surface area contributed by atoms with Crippen molar-refractivity contribution in [3.8, 4) is 6.07 Å². The molecule has 6 nitrogen and oxygen atoms in total. The maximum absolute atomic E-state index is 10.7. The van der Waals surface area contributed by atoms with Crippen LogP contribution in [0.3, 0.4) is 0 Å². The van der Waals surface area contributed by atoms with Crippen LogP contribution in [0.2, 0.25) is 0 Å². The molecule has 0 aromatic carbocycles. The first kappa shape index (κ1) is 32.3. The molecule has 0 aromatic heterocycles. The number of hydrogen-bond donors (Lipinski definition) is 0. The van der Waals surface area contributed by atoms with E-state index in [1.807, 2.05) is 0 Å². The molecule has 0 aromatic rings. The average Bonchev–Trinajstić information content (AvgIpc) is 2.58. The maximum Gasteiger partial charge on any atom is 1.00 e. The summed E-state index contributed by atoms with van der Waals surface area (Å²) in [7, 11) is -6.09. The molecule has 1 saturated carbocycles. The van der Waals surface area contributed by atoms with Crippen LogP contribution in [-0.4, -0.2) is 66.5 Å². The van der Waals surface area contributed by atoms with Gasteiger partial charge in [-0.15, -0.1) is 0 Å². The Labute approximate surface area is 178 Å². The molecule has 0 unspecified atom stereocenters. The minimum Gasteiger partial charge on any atom is -0.741 e. The Morgan fingerprint density at radius 1 is 0.964 bits per heavy atom. The second-order valence-electron chi connectivity index (χ2n) is 5.99. The molecular formula is C17H33CuF3N3O3S. The number of nitriles is 1. The Bertz CT molecular complexity index is 500. The number of hydrogen-bond acceptors (Lipinski definition) is 6. The van der Waals surface area contributed by atoms with Crippen LogP contribution in [0.1, 0.15) is 60.3 Å². The van der Waals surface area contributed by atoms with Gasteiger partial charge in [0.25, 0.3) is 0 Å². The Morgan fingerprint density at radius 2 is 1.18 bits per heavy atom. The summed E-state index contributed by atoms with van der Waals surface area (Å²) in [5.74, 6) is 0. The SMILES string of the molecule is CC#N.CCN(CC)[C@@H]1CCCC[C@H]1N(CC)CC.O=S(=O)([O-])C(F)(F)F.[Cu+]. The Hall–Kier alpha value is -0.371. The molecule has 0 aliphatic heterocycles. The second kappa shape index (κ2) is 16.4. The molecule has 0 spiro atoms. The van der Waals surface area contributed by atoms with Crippen LogP contribution in [0.5, 0.6) is 0 Å². The minimum atomic E-state index is -6.09. The maximum atomic E-state index is 10.7. The van der Waals surface area contributed by atoms with E-state index in [-0.39, 0.29) is 17.1 Å².